The molecule has 0 aliphatic carbocycles. The monoisotopic (exact) mass is 276 g/mol. The van der Waals surface area contributed by atoms with Gasteiger partial charge in [-0.15, -0.1) is 0 Å². The molecule has 1 heterocycles. The first kappa shape index (κ1) is 14.4. The van der Waals surface area contributed by atoms with Gasteiger partial charge in [-0.05, 0) is 58.4 Å². The molecule has 2 rings (SSSR count). The van der Waals surface area contributed by atoms with E-state index in [0.29, 0.717) is 11.3 Å². The summed E-state index contributed by atoms with van der Waals surface area (Å²) in [5.74, 6) is -0.0891. The van der Waals surface area contributed by atoms with Crippen molar-refractivity contribution in [2.75, 3.05) is 5.32 Å². The molecule has 0 bridgehead atoms. The van der Waals surface area contributed by atoms with Gasteiger partial charge in [-0.2, -0.15) is 0 Å². The number of amides is 2. The van der Waals surface area contributed by atoms with Gasteiger partial charge in [-0.3, -0.25) is 10.1 Å². The molecule has 0 saturated carbocycles. The van der Waals surface area contributed by atoms with Gasteiger partial charge in [0.05, 0.1) is 5.54 Å². The Kier molecular flexibility index (Phi) is 3.24. The number of benzene rings is 1. The topological polar surface area (TPSA) is 67.4 Å². The third-order valence-corrected chi connectivity index (χ3v) is 3.01. The number of fused-ring (bicyclic) bond motifs is 1. The highest BCUT2D eigenvalue weighted by atomic mass is 16.6. The predicted octanol–water partition coefficient (Wildman–Crippen LogP) is 3.01. The van der Waals surface area contributed by atoms with E-state index < -0.39 is 17.2 Å². The van der Waals surface area contributed by atoms with E-state index >= 15 is 0 Å². The summed E-state index contributed by atoms with van der Waals surface area (Å²) in [6.07, 6.45) is -0.507. The molecular formula is C15H20N2O3. The number of hydrogen-bond donors (Lipinski definition) is 2. The molecule has 0 atom stereocenters. The van der Waals surface area contributed by atoms with Crippen molar-refractivity contribution < 1.29 is 14.3 Å². The smallest absolute Gasteiger partial charge is 0.412 e. The van der Waals surface area contributed by atoms with Crippen LogP contribution in [-0.2, 0) is 10.3 Å². The number of carbonyl (C=O) groups is 2. The van der Waals surface area contributed by atoms with Gasteiger partial charge in [-0.1, -0.05) is 0 Å². The average Bonchev–Trinajstić information content (AvgIpc) is 2.46. The Bertz CT molecular complexity index is 571. The van der Waals surface area contributed by atoms with Crippen molar-refractivity contribution in [3.8, 4) is 0 Å². The third kappa shape index (κ3) is 2.92. The van der Waals surface area contributed by atoms with Crippen molar-refractivity contribution in [3.05, 3.63) is 29.3 Å². The van der Waals surface area contributed by atoms with E-state index in [0.717, 1.165) is 5.56 Å². The zero-order valence-electron chi connectivity index (χ0n) is 12.5. The lowest BCUT2D eigenvalue weighted by Crippen LogP contribution is -2.32. The third-order valence-electron chi connectivity index (χ3n) is 3.01. The molecule has 108 valence electrons. The molecule has 5 heteroatoms. The van der Waals surface area contributed by atoms with Crippen LogP contribution in [0.2, 0.25) is 0 Å². The van der Waals surface area contributed by atoms with Crippen molar-refractivity contribution >= 4 is 17.7 Å². The quantitative estimate of drug-likeness (QED) is 0.828. The van der Waals surface area contributed by atoms with E-state index in [4.69, 9.17) is 4.74 Å². The number of rotatable bonds is 1. The maximum absolute atomic E-state index is 11.8. The van der Waals surface area contributed by atoms with Gasteiger partial charge < -0.3 is 10.1 Å². The zero-order valence-corrected chi connectivity index (χ0v) is 12.5. The van der Waals surface area contributed by atoms with Crippen LogP contribution in [0, 0.1) is 0 Å². The minimum atomic E-state index is -0.544. The van der Waals surface area contributed by atoms with Gasteiger partial charge in [-0.25, -0.2) is 4.79 Å². The summed E-state index contributed by atoms with van der Waals surface area (Å²) in [4.78, 5) is 23.5. The van der Waals surface area contributed by atoms with Gasteiger partial charge in [0, 0.05) is 11.3 Å². The summed E-state index contributed by atoms with van der Waals surface area (Å²) in [5.41, 5.74) is 1.15. The molecule has 0 saturated heterocycles. The molecular weight excluding hydrogens is 256 g/mol. The lowest BCUT2D eigenvalue weighted by molar-refractivity contribution is 0.0635. The Morgan fingerprint density at radius 3 is 2.55 bits per heavy atom. The number of carbonyl (C=O) groups excluding carboxylic acids is 2. The molecule has 0 radical (unpaired) electrons. The van der Waals surface area contributed by atoms with Crippen LogP contribution in [0.4, 0.5) is 10.5 Å². The van der Waals surface area contributed by atoms with Crippen molar-refractivity contribution in [1.82, 2.24) is 5.32 Å². The van der Waals surface area contributed by atoms with E-state index in [-0.39, 0.29) is 5.91 Å². The average molecular weight is 276 g/mol. The fourth-order valence-corrected chi connectivity index (χ4v) is 2.18. The van der Waals surface area contributed by atoms with Crippen molar-refractivity contribution in [2.24, 2.45) is 0 Å². The van der Waals surface area contributed by atoms with Crippen molar-refractivity contribution in [2.45, 2.75) is 45.8 Å². The van der Waals surface area contributed by atoms with Gasteiger partial charge in [0.2, 0.25) is 0 Å². The SMILES string of the molecule is CC(C)(C)OC(=O)Nc1ccc2c(c1)C(C)(C)NC2=O. The number of ether oxygens (including phenoxy) is 1. The van der Waals surface area contributed by atoms with Crippen LogP contribution in [0.15, 0.2) is 18.2 Å². The molecule has 1 aliphatic heterocycles. The van der Waals surface area contributed by atoms with E-state index in [2.05, 4.69) is 10.6 Å². The second-order valence-electron chi connectivity index (χ2n) is 6.47. The van der Waals surface area contributed by atoms with Crippen molar-refractivity contribution in [3.63, 3.8) is 0 Å². The van der Waals surface area contributed by atoms with Crippen molar-refractivity contribution in [1.29, 1.82) is 0 Å². The van der Waals surface area contributed by atoms with Crippen LogP contribution in [0.5, 0.6) is 0 Å². The molecule has 1 aliphatic rings. The Labute approximate surface area is 118 Å². The highest BCUT2D eigenvalue weighted by Gasteiger charge is 2.35. The van der Waals surface area contributed by atoms with Gasteiger partial charge in [0.15, 0.2) is 0 Å². The molecule has 1 aromatic carbocycles. The standard InChI is InChI=1S/C15H20N2O3/c1-14(2,3)20-13(19)16-9-6-7-10-11(8-9)15(4,5)17-12(10)18/h6-8H,1-5H3,(H,16,19)(H,17,18). The Hall–Kier alpha value is -2.04. The Balaban J connectivity index is 2.21. The lowest BCUT2D eigenvalue weighted by atomic mass is 9.94. The Morgan fingerprint density at radius 2 is 1.95 bits per heavy atom. The number of nitrogens with one attached hydrogen (secondary N) is 2. The molecule has 0 aromatic heterocycles. The summed E-state index contributed by atoms with van der Waals surface area (Å²) in [6, 6.07) is 5.22. The minimum absolute atomic E-state index is 0.0891. The van der Waals surface area contributed by atoms with Crippen LogP contribution in [0.1, 0.15) is 50.5 Å². The van der Waals surface area contributed by atoms with Gasteiger partial charge >= 0.3 is 6.09 Å². The van der Waals surface area contributed by atoms with Crippen LogP contribution < -0.4 is 10.6 Å². The lowest BCUT2D eigenvalue weighted by Gasteiger charge is -2.21. The molecule has 1 aromatic rings. The largest absolute Gasteiger partial charge is 0.444 e. The molecule has 2 N–H and O–H groups in total. The van der Waals surface area contributed by atoms with E-state index in [1.807, 2.05) is 13.8 Å². The highest BCUT2D eigenvalue weighted by Crippen LogP contribution is 2.32. The summed E-state index contributed by atoms with van der Waals surface area (Å²) >= 11 is 0. The summed E-state index contributed by atoms with van der Waals surface area (Å²) in [7, 11) is 0. The van der Waals surface area contributed by atoms with E-state index in [1.165, 1.54) is 0 Å². The highest BCUT2D eigenvalue weighted by molar-refractivity contribution is 6.00. The van der Waals surface area contributed by atoms with Crippen LogP contribution in [0.25, 0.3) is 0 Å². The fourth-order valence-electron chi connectivity index (χ4n) is 2.18. The van der Waals surface area contributed by atoms with E-state index in [1.54, 1.807) is 39.0 Å². The first-order valence-corrected chi connectivity index (χ1v) is 6.55. The van der Waals surface area contributed by atoms with Crippen LogP contribution >= 0.6 is 0 Å². The molecule has 0 spiro atoms. The zero-order chi connectivity index (χ0) is 15.1. The molecule has 20 heavy (non-hydrogen) atoms. The number of anilines is 1. The Morgan fingerprint density at radius 1 is 1.30 bits per heavy atom. The van der Waals surface area contributed by atoms with Gasteiger partial charge in [0.25, 0.3) is 5.91 Å². The van der Waals surface area contributed by atoms with Crippen LogP contribution in [-0.4, -0.2) is 17.6 Å². The summed E-state index contributed by atoms with van der Waals surface area (Å²) < 4.78 is 5.20. The first-order valence-electron chi connectivity index (χ1n) is 6.55. The number of hydrogen-bond acceptors (Lipinski definition) is 3. The molecule has 2 amide bonds. The predicted molar refractivity (Wildman–Crippen MR) is 76.8 cm³/mol. The minimum Gasteiger partial charge on any atom is -0.444 e. The first-order chi connectivity index (χ1) is 9.08. The fraction of sp³-hybridized carbons (Fsp3) is 0.467. The van der Waals surface area contributed by atoms with Gasteiger partial charge in [0.1, 0.15) is 5.60 Å². The second-order valence-corrected chi connectivity index (χ2v) is 6.47. The summed E-state index contributed by atoms with van der Waals surface area (Å²) in [5, 5.41) is 5.58. The maximum Gasteiger partial charge on any atom is 0.412 e. The molecule has 0 unspecified atom stereocenters. The molecule has 5 nitrogen and oxygen atoms in total. The maximum atomic E-state index is 11.8. The summed E-state index contributed by atoms with van der Waals surface area (Å²) in [6.45, 7) is 9.27. The molecule has 0 fully saturated rings. The van der Waals surface area contributed by atoms with Crippen LogP contribution in [0.3, 0.4) is 0 Å². The normalized spacial score (nSPS) is 16.4. The van der Waals surface area contributed by atoms with E-state index in [9.17, 15) is 9.59 Å². The second kappa shape index (κ2) is 4.51.